The molecular formula is C15H18F2N2O2. The van der Waals surface area contributed by atoms with E-state index in [9.17, 15) is 18.4 Å². The molecule has 21 heavy (non-hydrogen) atoms. The fourth-order valence-electron chi connectivity index (χ4n) is 2.29. The summed E-state index contributed by atoms with van der Waals surface area (Å²) in [6.45, 7) is 1.50. The molecular weight excluding hydrogens is 278 g/mol. The van der Waals surface area contributed by atoms with E-state index in [0.29, 0.717) is 12.0 Å². The van der Waals surface area contributed by atoms with Gasteiger partial charge in [-0.15, -0.1) is 0 Å². The van der Waals surface area contributed by atoms with Crippen LogP contribution in [0.25, 0.3) is 0 Å². The monoisotopic (exact) mass is 296 g/mol. The molecule has 1 saturated heterocycles. The van der Waals surface area contributed by atoms with Crippen molar-refractivity contribution in [1.82, 2.24) is 10.2 Å². The van der Waals surface area contributed by atoms with Crippen LogP contribution in [0.4, 0.5) is 8.78 Å². The molecule has 0 spiro atoms. The fourth-order valence-corrected chi connectivity index (χ4v) is 2.29. The molecule has 1 aliphatic rings. The minimum Gasteiger partial charge on any atom is -0.347 e. The Morgan fingerprint density at radius 2 is 1.86 bits per heavy atom. The maximum Gasteiger partial charge on any atom is 0.241 e. The topological polar surface area (TPSA) is 49.4 Å². The van der Waals surface area contributed by atoms with E-state index >= 15 is 0 Å². The van der Waals surface area contributed by atoms with Gasteiger partial charge in [-0.2, -0.15) is 0 Å². The van der Waals surface area contributed by atoms with E-state index in [1.165, 1.54) is 6.07 Å². The summed E-state index contributed by atoms with van der Waals surface area (Å²) in [5.41, 5.74) is 0.551. The first-order chi connectivity index (χ1) is 10.1. The number of rotatable bonds is 5. The molecule has 4 nitrogen and oxygen atoms in total. The summed E-state index contributed by atoms with van der Waals surface area (Å²) in [5, 5.41) is 2.56. The lowest BCUT2D eigenvalue weighted by molar-refractivity contribution is -0.132. The van der Waals surface area contributed by atoms with Crippen LogP contribution in [0.1, 0.15) is 24.8 Å². The summed E-state index contributed by atoms with van der Waals surface area (Å²) < 4.78 is 25.8. The predicted molar refractivity (Wildman–Crippen MR) is 73.5 cm³/mol. The molecule has 1 aliphatic heterocycles. The third-order valence-electron chi connectivity index (χ3n) is 3.52. The smallest absolute Gasteiger partial charge is 0.241 e. The third-order valence-corrected chi connectivity index (χ3v) is 3.52. The summed E-state index contributed by atoms with van der Waals surface area (Å²) in [5.74, 6) is -2.17. The first kappa shape index (κ1) is 15.4. The molecule has 0 bridgehead atoms. The van der Waals surface area contributed by atoms with Crippen molar-refractivity contribution >= 4 is 11.8 Å². The Labute approximate surface area is 122 Å². The molecule has 0 saturated carbocycles. The Morgan fingerprint density at radius 3 is 2.52 bits per heavy atom. The summed E-state index contributed by atoms with van der Waals surface area (Å²) in [4.78, 5) is 25.1. The number of amides is 2. The SMILES string of the molecule is O=C(CCc1ccc(F)c(F)c1)NCC(=O)N1CCCC1. The minimum atomic E-state index is -0.919. The van der Waals surface area contributed by atoms with Gasteiger partial charge in [0.1, 0.15) is 0 Å². The largest absolute Gasteiger partial charge is 0.347 e. The van der Waals surface area contributed by atoms with Crippen molar-refractivity contribution in [2.24, 2.45) is 0 Å². The van der Waals surface area contributed by atoms with Crippen molar-refractivity contribution in [3.05, 3.63) is 35.4 Å². The van der Waals surface area contributed by atoms with Crippen molar-refractivity contribution in [2.45, 2.75) is 25.7 Å². The Balaban J connectivity index is 1.71. The molecule has 0 radical (unpaired) electrons. The van der Waals surface area contributed by atoms with Gasteiger partial charge in [0.2, 0.25) is 11.8 Å². The van der Waals surface area contributed by atoms with E-state index in [-0.39, 0.29) is 24.8 Å². The standard InChI is InChI=1S/C15H18F2N2O2/c16-12-5-3-11(9-13(12)17)4-6-14(20)18-10-15(21)19-7-1-2-8-19/h3,5,9H,1-2,4,6-8,10H2,(H,18,20). The molecule has 1 aromatic rings. The predicted octanol–water partition coefficient (Wildman–Crippen LogP) is 1.64. The van der Waals surface area contributed by atoms with Crippen molar-refractivity contribution < 1.29 is 18.4 Å². The number of nitrogens with zero attached hydrogens (tertiary/aromatic N) is 1. The van der Waals surface area contributed by atoms with Crippen molar-refractivity contribution in [2.75, 3.05) is 19.6 Å². The zero-order chi connectivity index (χ0) is 15.2. The summed E-state index contributed by atoms with van der Waals surface area (Å²) >= 11 is 0. The summed E-state index contributed by atoms with van der Waals surface area (Å²) in [6.07, 6.45) is 2.46. The minimum absolute atomic E-state index is 0.00336. The van der Waals surface area contributed by atoms with Crippen LogP contribution in [0.15, 0.2) is 18.2 Å². The Kier molecular flexibility index (Phi) is 5.25. The van der Waals surface area contributed by atoms with Gasteiger partial charge in [0, 0.05) is 19.5 Å². The molecule has 1 N–H and O–H groups in total. The molecule has 1 heterocycles. The van der Waals surface area contributed by atoms with Crippen LogP contribution in [0.2, 0.25) is 0 Å². The molecule has 114 valence electrons. The molecule has 1 aromatic carbocycles. The highest BCUT2D eigenvalue weighted by molar-refractivity contribution is 5.84. The van der Waals surface area contributed by atoms with E-state index in [1.54, 1.807) is 4.90 Å². The average molecular weight is 296 g/mol. The van der Waals surface area contributed by atoms with Gasteiger partial charge in [0.25, 0.3) is 0 Å². The lowest BCUT2D eigenvalue weighted by Gasteiger charge is -2.15. The van der Waals surface area contributed by atoms with Gasteiger partial charge in [-0.25, -0.2) is 8.78 Å². The molecule has 0 unspecified atom stereocenters. The van der Waals surface area contributed by atoms with Crippen LogP contribution in [-0.4, -0.2) is 36.3 Å². The lowest BCUT2D eigenvalue weighted by Crippen LogP contribution is -2.38. The van der Waals surface area contributed by atoms with Gasteiger partial charge in [-0.1, -0.05) is 6.07 Å². The zero-order valence-electron chi connectivity index (χ0n) is 11.7. The lowest BCUT2D eigenvalue weighted by atomic mass is 10.1. The summed E-state index contributed by atoms with van der Waals surface area (Å²) in [6, 6.07) is 3.57. The Bertz CT molecular complexity index is 528. The van der Waals surface area contributed by atoms with Crippen LogP contribution >= 0.6 is 0 Å². The second-order valence-corrected chi connectivity index (χ2v) is 5.11. The number of carbonyl (C=O) groups excluding carboxylic acids is 2. The van der Waals surface area contributed by atoms with Gasteiger partial charge >= 0.3 is 0 Å². The maximum absolute atomic E-state index is 13.0. The highest BCUT2D eigenvalue weighted by Crippen LogP contribution is 2.10. The van der Waals surface area contributed by atoms with Crippen molar-refractivity contribution in [3.8, 4) is 0 Å². The van der Waals surface area contributed by atoms with Crippen LogP contribution in [0.5, 0.6) is 0 Å². The van der Waals surface area contributed by atoms with Crippen LogP contribution in [0, 0.1) is 11.6 Å². The normalized spacial score (nSPS) is 14.3. The van der Waals surface area contributed by atoms with E-state index in [0.717, 1.165) is 38.1 Å². The quantitative estimate of drug-likeness (QED) is 0.898. The number of halogens is 2. The molecule has 2 rings (SSSR count). The molecule has 0 atom stereocenters. The van der Waals surface area contributed by atoms with E-state index < -0.39 is 11.6 Å². The fraction of sp³-hybridized carbons (Fsp3) is 0.467. The van der Waals surface area contributed by atoms with E-state index in [4.69, 9.17) is 0 Å². The molecule has 0 aliphatic carbocycles. The molecule has 6 heteroatoms. The Morgan fingerprint density at radius 1 is 1.14 bits per heavy atom. The summed E-state index contributed by atoms with van der Waals surface area (Å²) in [7, 11) is 0. The van der Waals surface area contributed by atoms with Gasteiger partial charge in [-0.05, 0) is 37.0 Å². The number of nitrogens with one attached hydrogen (secondary N) is 1. The first-order valence-corrected chi connectivity index (χ1v) is 7.04. The zero-order valence-corrected chi connectivity index (χ0v) is 11.7. The van der Waals surface area contributed by atoms with E-state index in [1.807, 2.05) is 0 Å². The number of hydrogen-bond acceptors (Lipinski definition) is 2. The van der Waals surface area contributed by atoms with Gasteiger partial charge < -0.3 is 10.2 Å². The van der Waals surface area contributed by atoms with Crippen LogP contribution in [-0.2, 0) is 16.0 Å². The van der Waals surface area contributed by atoms with E-state index in [2.05, 4.69) is 5.32 Å². The van der Waals surface area contributed by atoms with Crippen LogP contribution < -0.4 is 5.32 Å². The highest BCUT2D eigenvalue weighted by atomic mass is 19.2. The van der Waals surface area contributed by atoms with Crippen molar-refractivity contribution in [3.63, 3.8) is 0 Å². The first-order valence-electron chi connectivity index (χ1n) is 7.04. The molecule has 1 fully saturated rings. The maximum atomic E-state index is 13.0. The highest BCUT2D eigenvalue weighted by Gasteiger charge is 2.18. The number of hydrogen-bond donors (Lipinski definition) is 1. The second-order valence-electron chi connectivity index (χ2n) is 5.11. The van der Waals surface area contributed by atoms with Gasteiger partial charge in [0.05, 0.1) is 6.54 Å². The number of benzene rings is 1. The number of aryl methyl sites for hydroxylation is 1. The molecule has 0 aromatic heterocycles. The number of likely N-dealkylation sites (tertiary alicyclic amines) is 1. The van der Waals surface area contributed by atoms with Gasteiger partial charge in [-0.3, -0.25) is 9.59 Å². The Hall–Kier alpha value is -1.98. The number of carbonyl (C=O) groups is 2. The third kappa shape index (κ3) is 4.51. The van der Waals surface area contributed by atoms with Gasteiger partial charge in [0.15, 0.2) is 11.6 Å². The average Bonchev–Trinajstić information content (AvgIpc) is 3.00. The molecule has 2 amide bonds. The van der Waals surface area contributed by atoms with Crippen molar-refractivity contribution in [1.29, 1.82) is 0 Å². The van der Waals surface area contributed by atoms with Crippen LogP contribution in [0.3, 0.4) is 0 Å². The second kappa shape index (κ2) is 7.15.